The first-order valence-corrected chi connectivity index (χ1v) is 9.43. The lowest BCUT2D eigenvalue weighted by atomic mass is 10.0. The number of rotatable bonds is 4. The van der Waals surface area contributed by atoms with Crippen LogP contribution in [0.1, 0.15) is 29.2 Å². The normalized spacial score (nSPS) is 17.5. The Balaban J connectivity index is 1.94. The molecule has 0 saturated carbocycles. The van der Waals surface area contributed by atoms with Gasteiger partial charge in [-0.25, -0.2) is 8.42 Å². The van der Waals surface area contributed by atoms with Crippen LogP contribution in [0.25, 0.3) is 0 Å². The molecule has 2 aromatic rings. The van der Waals surface area contributed by atoms with Gasteiger partial charge in [0, 0.05) is 12.1 Å². The van der Waals surface area contributed by atoms with Gasteiger partial charge in [-0.15, -0.1) is 0 Å². The Bertz CT molecular complexity index is 831. The molecule has 6 heteroatoms. The standard InChI is InChI=1S/C18H21NO4S/c1-13-3-5-14(6-4-13)12-24(21,22)19-10-9-18(20)16-11-15(23-2)7-8-17(16)19/h3-8,11,18,20H,9-10,12H2,1-2H3. The second-order valence-corrected chi connectivity index (χ2v) is 7.94. The fourth-order valence-electron chi connectivity index (χ4n) is 2.93. The number of aryl methyl sites for hydroxylation is 1. The van der Waals surface area contributed by atoms with Crippen LogP contribution in [-0.4, -0.2) is 27.2 Å². The molecule has 0 aliphatic carbocycles. The van der Waals surface area contributed by atoms with Crippen LogP contribution in [0.2, 0.25) is 0 Å². The summed E-state index contributed by atoms with van der Waals surface area (Å²) in [6.45, 7) is 2.24. The predicted molar refractivity (Wildman–Crippen MR) is 93.7 cm³/mol. The lowest BCUT2D eigenvalue weighted by Crippen LogP contribution is -2.37. The van der Waals surface area contributed by atoms with Gasteiger partial charge < -0.3 is 9.84 Å². The van der Waals surface area contributed by atoms with Crippen molar-refractivity contribution >= 4 is 15.7 Å². The minimum atomic E-state index is -3.52. The molecule has 128 valence electrons. The van der Waals surface area contributed by atoms with Gasteiger partial charge in [-0.3, -0.25) is 4.31 Å². The highest BCUT2D eigenvalue weighted by Crippen LogP contribution is 2.38. The number of anilines is 1. The molecule has 24 heavy (non-hydrogen) atoms. The van der Waals surface area contributed by atoms with Crippen LogP contribution in [-0.2, 0) is 15.8 Å². The van der Waals surface area contributed by atoms with Gasteiger partial charge in [-0.1, -0.05) is 29.8 Å². The van der Waals surface area contributed by atoms with Crippen LogP contribution in [0, 0.1) is 6.92 Å². The van der Waals surface area contributed by atoms with E-state index in [0.29, 0.717) is 23.4 Å². The Morgan fingerprint density at radius 2 is 1.92 bits per heavy atom. The quantitative estimate of drug-likeness (QED) is 0.923. The fraction of sp³-hybridized carbons (Fsp3) is 0.333. The first kappa shape index (κ1) is 16.8. The van der Waals surface area contributed by atoms with E-state index in [2.05, 4.69) is 0 Å². The van der Waals surface area contributed by atoms with E-state index in [-0.39, 0.29) is 12.3 Å². The molecule has 3 rings (SSSR count). The first-order chi connectivity index (χ1) is 11.4. The number of benzene rings is 2. The number of aliphatic hydroxyl groups excluding tert-OH is 1. The minimum Gasteiger partial charge on any atom is -0.497 e. The monoisotopic (exact) mass is 347 g/mol. The van der Waals surface area contributed by atoms with Gasteiger partial charge >= 0.3 is 0 Å². The smallest absolute Gasteiger partial charge is 0.239 e. The van der Waals surface area contributed by atoms with Gasteiger partial charge in [-0.05, 0) is 37.1 Å². The maximum absolute atomic E-state index is 12.9. The van der Waals surface area contributed by atoms with Crippen LogP contribution in [0.5, 0.6) is 5.75 Å². The predicted octanol–water partition coefficient (Wildman–Crippen LogP) is 2.78. The lowest BCUT2D eigenvalue weighted by Gasteiger charge is -2.33. The van der Waals surface area contributed by atoms with Crippen molar-refractivity contribution < 1.29 is 18.3 Å². The third-order valence-corrected chi connectivity index (χ3v) is 6.02. The molecule has 1 atom stereocenters. The Morgan fingerprint density at radius 1 is 1.21 bits per heavy atom. The molecular formula is C18H21NO4S. The summed E-state index contributed by atoms with van der Waals surface area (Å²) in [6.07, 6.45) is -0.311. The van der Waals surface area contributed by atoms with Crippen LogP contribution < -0.4 is 9.04 Å². The Kier molecular flexibility index (Phi) is 4.51. The van der Waals surface area contributed by atoms with E-state index in [1.165, 1.54) is 4.31 Å². The molecule has 0 bridgehead atoms. The van der Waals surface area contributed by atoms with Crippen molar-refractivity contribution in [3.63, 3.8) is 0 Å². The minimum absolute atomic E-state index is 0.0607. The largest absolute Gasteiger partial charge is 0.497 e. The van der Waals surface area contributed by atoms with Gasteiger partial charge in [-0.2, -0.15) is 0 Å². The highest BCUT2D eigenvalue weighted by Gasteiger charge is 2.31. The van der Waals surface area contributed by atoms with Crippen molar-refractivity contribution in [3.05, 3.63) is 59.2 Å². The number of sulfonamides is 1. The third-order valence-electron chi connectivity index (χ3n) is 4.27. The van der Waals surface area contributed by atoms with Crippen molar-refractivity contribution in [2.45, 2.75) is 25.2 Å². The number of hydrogen-bond acceptors (Lipinski definition) is 4. The van der Waals surface area contributed by atoms with Gasteiger partial charge in [0.05, 0.1) is 24.7 Å². The number of ether oxygens (including phenoxy) is 1. The molecule has 0 fully saturated rings. The molecule has 1 aliphatic rings. The fourth-order valence-corrected chi connectivity index (χ4v) is 4.55. The molecular weight excluding hydrogens is 326 g/mol. The number of methoxy groups -OCH3 is 1. The second kappa shape index (κ2) is 6.45. The highest BCUT2D eigenvalue weighted by molar-refractivity contribution is 7.92. The van der Waals surface area contributed by atoms with E-state index in [4.69, 9.17) is 4.74 Å². The Labute approximate surface area is 142 Å². The van der Waals surface area contributed by atoms with Gasteiger partial charge in [0.15, 0.2) is 0 Å². The summed E-state index contributed by atoms with van der Waals surface area (Å²) in [6, 6.07) is 12.6. The first-order valence-electron chi connectivity index (χ1n) is 7.82. The molecule has 1 N–H and O–H groups in total. The van der Waals surface area contributed by atoms with E-state index in [1.54, 1.807) is 25.3 Å². The van der Waals surface area contributed by atoms with Crippen molar-refractivity contribution in [2.75, 3.05) is 18.0 Å². The Morgan fingerprint density at radius 3 is 2.58 bits per heavy atom. The van der Waals surface area contributed by atoms with E-state index >= 15 is 0 Å². The summed E-state index contributed by atoms with van der Waals surface area (Å²) in [5, 5.41) is 10.2. The van der Waals surface area contributed by atoms with Crippen LogP contribution in [0.15, 0.2) is 42.5 Å². The third kappa shape index (κ3) is 3.25. The average Bonchev–Trinajstić information content (AvgIpc) is 2.56. The van der Waals surface area contributed by atoms with E-state index in [0.717, 1.165) is 11.1 Å². The molecule has 1 heterocycles. The second-order valence-electron chi connectivity index (χ2n) is 6.04. The van der Waals surface area contributed by atoms with Crippen LogP contribution in [0.4, 0.5) is 5.69 Å². The zero-order valence-corrected chi connectivity index (χ0v) is 14.6. The molecule has 0 amide bonds. The summed E-state index contributed by atoms with van der Waals surface area (Å²) in [7, 11) is -1.98. The van der Waals surface area contributed by atoms with Crippen LogP contribution in [0.3, 0.4) is 0 Å². The number of hydrogen-bond donors (Lipinski definition) is 1. The molecule has 0 saturated heterocycles. The zero-order valence-electron chi connectivity index (χ0n) is 13.8. The molecule has 0 spiro atoms. The van der Waals surface area contributed by atoms with E-state index in [1.807, 2.05) is 31.2 Å². The molecule has 1 aliphatic heterocycles. The maximum atomic E-state index is 12.9. The topological polar surface area (TPSA) is 66.8 Å². The van der Waals surface area contributed by atoms with Crippen molar-refractivity contribution in [1.82, 2.24) is 0 Å². The average molecular weight is 347 g/mol. The van der Waals surface area contributed by atoms with Gasteiger partial charge in [0.25, 0.3) is 0 Å². The maximum Gasteiger partial charge on any atom is 0.239 e. The molecule has 2 aromatic carbocycles. The summed E-state index contributed by atoms with van der Waals surface area (Å²) in [4.78, 5) is 0. The van der Waals surface area contributed by atoms with Crippen molar-refractivity contribution in [3.8, 4) is 5.75 Å². The SMILES string of the molecule is COc1ccc2c(c1)C(O)CCN2S(=O)(=O)Cc1ccc(C)cc1. The summed E-state index contributed by atoms with van der Waals surface area (Å²) >= 11 is 0. The summed E-state index contributed by atoms with van der Waals surface area (Å²) in [5.41, 5.74) is 2.96. The van der Waals surface area contributed by atoms with Crippen LogP contribution >= 0.6 is 0 Å². The molecule has 1 unspecified atom stereocenters. The van der Waals surface area contributed by atoms with Crippen molar-refractivity contribution in [2.24, 2.45) is 0 Å². The van der Waals surface area contributed by atoms with E-state index in [9.17, 15) is 13.5 Å². The Hall–Kier alpha value is -2.05. The number of nitrogens with zero attached hydrogens (tertiary/aromatic N) is 1. The van der Waals surface area contributed by atoms with Crippen molar-refractivity contribution in [1.29, 1.82) is 0 Å². The van der Waals surface area contributed by atoms with E-state index < -0.39 is 16.1 Å². The number of fused-ring (bicyclic) bond motifs is 1. The van der Waals surface area contributed by atoms with Gasteiger partial charge in [0.1, 0.15) is 5.75 Å². The van der Waals surface area contributed by atoms with Gasteiger partial charge in [0.2, 0.25) is 10.0 Å². The summed E-state index contributed by atoms with van der Waals surface area (Å²) < 4.78 is 32.3. The molecule has 0 radical (unpaired) electrons. The molecule has 0 aromatic heterocycles. The molecule has 5 nitrogen and oxygen atoms in total. The number of aliphatic hydroxyl groups is 1. The summed E-state index contributed by atoms with van der Waals surface area (Å²) in [5.74, 6) is 0.542. The lowest BCUT2D eigenvalue weighted by molar-refractivity contribution is 0.166. The zero-order chi connectivity index (χ0) is 17.3. The highest BCUT2D eigenvalue weighted by atomic mass is 32.2.